The molecule has 0 unspecified atom stereocenters. The van der Waals surface area contributed by atoms with Crippen LogP contribution in [0.25, 0.3) is 0 Å². The molecule has 2 aromatic rings. The van der Waals surface area contributed by atoms with Gasteiger partial charge < -0.3 is 10.6 Å². The van der Waals surface area contributed by atoms with Gasteiger partial charge in [0.2, 0.25) is 11.8 Å². The van der Waals surface area contributed by atoms with E-state index in [1.165, 1.54) is 17.3 Å². The third-order valence-corrected chi connectivity index (χ3v) is 4.85. The molecule has 0 fully saturated rings. The summed E-state index contributed by atoms with van der Waals surface area (Å²) >= 11 is 4.63. The van der Waals surface area contributed by atoms with Crippen molar-refractivity contribution in [3.63, 3.8) is 0 Å². The van der Waals surface area contributed by atoms with Gasteiger partial charge in [0.05, 0.1) is 11.5 Å². The Balaban J connectivity index is 1.72. The first kappa shape index (κ1) is 18.5. The zero-order valence-electron chi connectivity index (χ0n) is 13.6. The Kier molecular flexibility index (Phi) is 6.87. The van der Waals surface area contributed by atoms with Gasteiger partial charge in [-0.25, -0.2) is 0 Å². The molecule has 0 heterocycles. The minimum absolute atomic E-state index is 0.111. The Morgan fingerprint density at radius 3 is 2.00 bits per heavy atom. The molecule has 0 aliphatic heterocycles. The molecule has 0 aliphatic rings. The van der Waals surface area contributed by atoms with E-state index in [0.29, 0.717) is 0 Å². The number of hydrogen-bond donors (Lipinski definition) is 2. The molecule has 6 heteroatoms. The van der Waals surface area contributed by atoms with E-state index in [0.717, 1.165) is 21.4 Å². The summed E-state index contributed by atoms with van der Waals surface area (Å²) in [5.41, 5.74) is 3.84. The van der Waals surface area contributed by atoms with Crippen LogP contribution in [0, 0.1) is 13.8 Å². The number of carbonyl (C=O) groups is 2. The van der Waals surface area contributed by atoms with E-state index in [1.54, 1.807) is 0 Å². The van der Waals surface area contributed by atoms with Crippen LogP contribution in [0.1, 0.15) is 11.1 Å². The van der Waals surface area contributed by atoms with E-state index in [4.69, 9.17) is 0 Å². The van der Waals surface area contributed by atoms with Gasteiger partial charge in [-0.05, 0) is 61.4 Å². The third kappa shape index (κ3) is 6.02. The van der Waals surface area contributed by atoms with Crippen LogP contribution in [0.15, 0.2) is 46.9 Å². The van der Waals surface area contributed by atoms with Gasteiger partial charge in [-0.15, -0.1) is 11.8 Å². The average molecular weight is 407 g/mol. The van der Waals surface area contributed by atoms with Crippen molar-refractivity contribution in [3.8, 4) is 0 Å². The zero-order chi connectivity index (χ0) is 17.5. The van der Waals surface area contributed by atoms with E-state index >= 15 is 0 Å². The highest BCUT2D eigenvalue weighted by Crippen LogP contribution is 2.16. The molecular weight excluding hydrogens is 388 g/mol. The van der Waals surface area contributed by atoms with Crippen LogP contribution < -0.4 is 10.6 Å². The predicted molar refractivity (Wildman–Crippen MR) is 105 cm³/mol. The van der Waals surface area contributed by atoms with Crippen molar-refractivity contribution in [1.29, 1.82) is 0 Å². The fourth-order valence-corrected chi connectivity index (χ4v) is 2.86. The minimum Gasteiger partial charge on any atom is -0.325 e. The number of aryl methyl sites for hydroxylation is 2. The lowest BCUT2D eigenvalue weighted by molar-refractivity contribution is -0.114. The lowest BCUT2D eigenvalue weighted by atomic mass is 10.1. The van der Waals surface area contributed by atoms with E-state index in [9.17, 15) is 9.59 Å². The number of anilines is 2. The van der Waals surface area contributed by atoms with Crippen LogP contribution in [0.4, 0.5) is 11.4 Å². The Morgan fingerprint density at radius 1 is 0.875 bits per heavy atom. The maximum Gasteiger partial charge on any atom is 0.234 e. The van der Waals surface area contributed by atoms with E-state index in [2.05, 4.69) is 26.6 Å². The summed E-state index contributed by atoms with van der Waals surface area (Å²) in [5, 5.41) is 5.64. The highest BCUT2D eigenvalue weighted by atomic mass is 79.9. The maximum atomic E-state index is 11.9. The van der Waals surface area contributed by atoms with Crippen molar-refractivity contribution in [2.24, 2.45) is 0 Å². The molecular formula is C18H19BrN2O2S. The van der Waals surface area contributed by atoms with Crippen molar-refractivity contribution < 1.29 is 9.59 Å². The normalized spacial score (nSPS) is 10.3. The number of carbonyl (C=O) groups excluding carboxylic acids is 2. The molecule has 2 aromatic carbocycles. The molecule has 0 atom stereocenters. The fourth-order valence-electron chi connectivity index (χ4n) is 1.98. The Hall–Kier alpha value is -1.79. The van der Waals surface area contributed by atoms with Crippen molar-refractivity contribution in [3.05, 3.63) is 58.1 Å². The van der Waals surface area contributed by atoms with Crippen LogP contribution in [-0.2, 0) is 9.59 Å². The average Bonchev–Trinajstić information content (AvgIpc) is 2.53. The van der Waals surface area contributed by atoms with Crippen LogP contribution in [0.5, 0.6) is 0 Å². The highest BCUT2D eigenvalue weighted by molar-refractivity contribution is 9.10. The number of nitrogens with one attached hydrogen (secondary N) is 2. The lowest BCUT2D eigenvalue weighted by Gasteiger charge is -2.08. The molecule has 126 valence electrons. The number of benzene rings is 2. The van der Waals surface area contributed by atoms with Crippen molar-refractivity contribution in [2.45, 2.75) is 13.8 Å². The molecule has 0 saturated carbocycles. The van der Waals surface area contributed by atoms with Gasteiger partial charge in [-0.2, -0.15) is 0 Å². The topological polar surface area (TPSA) is 58.2 Å². The third-order valence-electron chi connectivity index (χ3n) is 3.38. The second kappa shape index (κ2) is 8.89. The van der Waals surface area contributed by atoms with E-state index in [1.807, 2.05) is 56.3 Å². The predicted octanol–water partition coefficient (Wildman–Crippen LogP) is 4.38. The minimum atomic E-state index is -0.124. The number of thioether (sulfide) groups is 1. The standard InChI is InChI=1S/C18H19BrN2O2S/c1-12-3-6-16(9-13(12)2)21-18(23)11-24-10-17(22)20-15-7-4-14(19)5-8-15/h3-9H,10-11H2,1-2H3,(H,20,22)(H,21,23). The fraction of sp³-hybridized carbons (Fsp3) is 0.222. The smallest absolute Gasteiger partial charge is 0.234 e. The van der Waals surface area contributed by atoms with Crippen molar-refractivity contribution >= 4 is 50.9 Å². The van der Waals surface area contributed by atoms with Gasteiger partial charge in [0, 0.05) is 15.8 Å². The monoisotopic (exact) mass is 406 g/mol. The Morgan fingerprint density at radius 2 is 1.42 bits per heavy atom. The second-order valence-corrected chi connectivity index (χ2v) is 7.30. The SMILES string of the molecule is Cc1ccc(NC(=O)CSCC(=O)Nc2ccc(Br)cc2)cc1C. The lowest BCUT2D eigenvalue weighted by Crippen LogP contribution is -2.18. The number of halogens is 1. The molecule has 0 aliphatic carbocycles. The summed E-state index contributed by atoms with van der Waals surface area (Å²) in [6, 6.07) is 13.2. The summed E-state index contributed by atoms with van der Waals surface area (Å²) in [4.78, 5) is 23.8. The molecule has 0 aromatic heterocycles. The number of amides is 2. The van der Waals surface area contributed by atoms with Gasteiger partial charge in [0.1, 0.15) is 0 Å². The first-order valence-electron chi connectivity index (χ1n) is 7.44. The molecule has 24 heavy (non-hydrogen) atoms. The quantitative estimate of drug-likeness (QED) is 0.748. The van der Waals surface area contributed by atoms with Gasteiger partial charge in [0.25, 0.3) is 0 Å². The molecule has 0 saturated heterocycles. The molecule has 2 N–H and O–H groups in total. The van der Waals surface area contributed by atoms with Crippen LogP contribution >= 0.6 is 27.7 Å². The van der Waals surface area contributed by atoms with Crippen LogP contribution in [0.3, 0.4) is 0 Å². The van der Waals surface area contributed by atoms with E-state index < -0.39 is 0 Å². The summed E-state index contributed by atoms with van der Waals surface area (Å²) < 4.78 is 0.956. The van der Waals surface area contributed by atoms with Gasteiger partial charge >= 0.3 is 0 Å². The molecule has 0 bridgehead atoms. The zero-order valence-corrected chi connectivity index (χ0v) is 16.0. The van der Waals surface area contributed by atoms with Crippen LogP contribution in [0.2, 0.25) is 0 Å². The Labute approximate surface area is 154 Å². The molecule has 0 radical (unpaired) electrons. The van der Waals surface area contributed by atoms with Gasteiger partial charge in [0.15, 0.2) is 0 Å². The highest BCUT2D eigenvalue weighted by Gasteiger charge is 2.07. The number of hydrogen-bond acceptors (Lipinski definition) is 3. The van der Waals surface area contributed by atoms with Crippen LogP contribution in [-0.4, -0.2) is 23.3 Å². The number of rotatable bonds is 6. The Bertz CT molecular complexity index is 732. The van der Waals surface area contributed by atoms with Crippen molar-refractivity contribution in [2.75, 3.05) is 22.1 Å². The molecule has 4 nitrogen and oxygen atoms in total. The summed E-state index contributed by atoms with van der Waals surface area (Å²) in [5.74, 6) is 0.234. The van der Waals surface area contributed by atoms with Crippen molar-refractivity contribution in [1.82, 2.24) is 0 Å². The maximum absolute atomic E-state index is 11.9. The molecule has 2 rings (SSSR count). The first-order chi connectivity index (χ1) is 11.4. The summed E-state index contributed by atoms with van der Waals surface area (Å²) in [7, 11) is 0. The summed E-state index contributed by atoms with van der Waals surface area (Å²) in [6.07, 6.45) is 0. The van der Waals surface area contributed by atoms with Gasteiger partial charge in [-0.3, -0.25) is 9.59 Å². The summed E-state index contributed by atoms with van der Waals surface area (Å²) in [6.45, 7) is 4.03. The first-order valence-corrected chi connectivity index (χ1v) is 9.39. The second-order valence-electron chi connectivity index (χ2n) is 5.40. The van der Waals surface area contributed by atoms with Gasteiger partial charge in [-0.1, -0.05) is 22.0 Å². The molecule has 0 spiro atoms. The molecule has 2 amide bonds. The largest absolute Gasteiger partial charge is 0.325 e. The van der Waals surface area contributed by atoms with E-state index in [-0.39, 0.29) is 23.3 Å².